The van der Waals surface area contributed by atoms with E-state index in [0.717, 1.165) is 16.7 Å². The number of rotatable bonds is 4. The van der Waals surface area contributed by atoms with Crippen molar-refractivity contribution in [3.63, 3.8) is 0 Å². The first kappa shape index (κ1) is 19.8. The molecule has 0 saturated carbocycles. The van der Waals surface area contributed by atoms with Crippen molar-refractivity contribution in [1.82, 2.24) is 4.90 Å². The van der Waals surface area contributed by atoms with Crippen LogP contribution >= 0.6 is 0 Å². The number of para-hydroxylation sites is 1. The van der Waals surface area contributed by atoms with Crippen molar-refractivity contribution in [3.05, 3.63) is 88.7 Å². The lowest BCUT2D eigenvalue weighted by Crippen LogP contribution is -2.41. The van der Waals surface area contributed by atoms with E-state index in [0.29, 0.717) is 35.7 Å². The van der Waals surface area contributed by atoms with Gasteiger partial charge in [-0.1, -0.05) is 18.2 Å². The Bertz CT molecular complexity index is 1080. The molecule has 30 heavy (non-hydrogen) atoms. The summed E-state index contributed by atoms with van der Waals surface area (Å²) in [5.41, 5.74) is 10.2. The number of hydrogen-bond donors (Lipinski definition) is 1. The molecule has 0 fully saturated rings. The van der Waals surface area contributed by atoms with Crippen LogP contribution in [0.2, 0.25) is 0 Å². The summed E-state index contributed by atoms with van der Waals surface area (Å²) in [6.45, 7) is 0.498. The van der Waals surface area contributed by atoms with E-state index in [9.17, 15) is 9.18 Å². The van der Waals surface area contributed by atoms with E-state index in [1.54, 1.807) is 19.1 Å². The van der Waals surface area contributed by atoms with Crippen LogP contribution in [-0.4, -0.2) is 31.6 Å². The summed E-state index contributed by atoms with van der Waals surface area (Å²) in [6.07, 6.45) is 0.659. The van der Waals surface area contributed by atoms with Gasteiger partial charge in [-0.2, -0.15) is 0 Å². The number of hydrogen-bond acceptors (Lipinski definition) is 4. The zero-order valence-electron chi connectivity index (χ0n) is 16.9. The predicted molar refractivity (Wildman–Crippen MR) is 113 cm³/mol. The van der Waals surface area contributed by atoms with Crippen molar-refractivity contribution in [3.8, 4) is 11.5 Å². The smallest absolute Gasteiger partial charge is 0.254 e. The molecule has 6 heteroatoms. The van der Waals surface area contributed by atoms with E-state index in [2.05, 4.69) is 0 Å². The number of ether oxygens (including phenoxy) is 2. The van der Waals surface area contributed by atoms with Gasteiger partial charge in [0.15, 0.2) is 11.5 Å². The molecule has 0 spiro atoms. The Morgan fingerprint density at radius 1 is 1.00 bits per heavy atom. The van der Waals surface area contributed by atoms with Crippen LogP contribution in [0.15, 0.2) is 60.7 Å². The molecule has 1 atom stereocenters. The molecule has 2 N–H and O–H groups in total. The quantitative estimate of drug-likeness (QED) is 0.659. The lowest BCUT2D eigenvalue weighted by atomic mass is 9.86. The average molecular weight is 406 g/mol. The maximum absolute atomic E-state index is 13.4. The number of methoxy groups -OCH3 is 2. The standard InChI is InChI=1S/C24H23FN2O3/c1-29-21-13-16-11-12-27(24(28)15-7-9-17(25)10-8-15)23(19(16)14-22(21)30-2)18-5-3-4-6-20(18)26/h3-10,13-14,23H,11-12,26H2,1-2H3. The maximum Gasteiger partial charge on any atom is 0.254 e. The third-order valence-corrected chi connectivity index (χ3v) is 5.52. The summed E-state index contributed by atoms with van der Waals surface area (Å²) in [4.78, 5) is 15.2. The van der Waals surface area contributed by atoms with Gasteiger partial charge in [-0.25, -0.2) is 4.39 Å². The van der Waals surface area contributed by atoms with Crippen LogP contribution < -0.4 is 15.2 Å². The number of halogens is 1. The number of nitrogens with two attached hydrogens (primary N) is 1. The molecule has 4 rings (SSSR count). The van der Waals surface area contributed by atoms with Gasteiger partial charge < -0.3 is 20.1 Å². The summed E-state index contributed by atoms with van der Waals surface area (Å²) >= 11 is 0. The van der Waals surface area contributed by atoms with Crippen molar-refractivity contribution >= 4 is 11.6 Å². The Morgan fingerprint density at radius 3 is 2.33 bits per heavy atom. The molecule has 0 aromatic heterocycles. The highest BCUT2D eigenvalue weighted by molar-refractivity contribution is 5.95. The topological polar surface area (TPSA) is 64.8 Å². The van der Waals surface area contributed by atoms with Gasteiger partial charge in [0, 0.05) is 23.4 Å². The van der Waals surface area contributed by atoms with Gasteiger partial charge in [0.25, 0.3) is 5.91 Å². The predicted octanol–water partition coefficient (Wildman–Crippen LogP) is 4.21. The fourth-order valence-corrected chi connectivity index (χ4v) is 4.02. The second-order valence-corrected chi connectivity index (χ2v) is 7.19. The van der Waals surface area contributed by atoms with Crippen LogP contribution in [0.3, 0.4) is 0 Å². The second kappa shape index (κ2) is 8.06. The third-order valence-electron chi connectivity index (χ3n) is 5.52. The van der Waals surface area contributed by atoms with Crippen molar-refractivity contribution in [1.29, 1.82) is 0 Å². The Morgan fingerprint density at radius 2 is 1.67 bits per heavy atom. The average Bonchev–Trinajstić information content (AvgIpc) is 2.78. The minimum atomic E-state index is -0.396. The molecule has 0 saturated heterocycles. The number of carbonyl (C=O) groups excluding carboxylic acids is 1. The minimum absolute atomic E-state index is 0.177. The van der Waals surface area contributed by atoms with Crippen LogP contribution in [0.1, 0.15) is 33.1 Å². The molecule has 0 bridgehead atoms. The third kappa shape index (κ3) is 3.45. The molecular weight excluding hydrogens is 383 g/mol. The van der Waals surface area contributed by atoms with Gasteiger partial charge in [-0.3, -0.25) is 4.79 Å². The summed E-state index contributed by atoms with van der Waals surface area (Å²) in [5.74, 6) is 0.682. The molecule has 3 aromatic rings. The first-order valence-electron chi connectivity index (χ1n) is 9.69. The van der Waals surface area contributed by atoms with E-state index in [1.807, 2.05) is 36.4 Å². The second-order valence-electron chi connectivity index (χ2n) is 7.19. The lowest BCUT2D eigenvalue weighted by molar-refractivity contribution is 0.0694. The Labute approximate surface area is 174 Å². The SMILES string of the molecule is COc1cc2c(cc1OC)C(c1ccccc1N)N(C(=O)c1ccc(F)cc1)CC2. The molecule has 154 valence electrons. The molecule has 0 aliphatic carbocycles. The molecule has 1 heterocycles. The Hall–Kier alpha value is -3.54. The first-order chi connectivity index (χ1) is 14.5. The van der Waals surface area contributed by atoms with E-state index < -0.39 is 6.04 Å². The maximum atomic E-state index is 13.4. The van der Waals surface area contributed by atoms with E-state index in [1.165, 1.54) is 24.3 Å². The number of fused-ring (bicyclic) bond motifs is 1. The Kier molecular flexibility index (Phi) is 5.31. The number of amides is 1. The first-order valence-corrected chi connectivity index (χ1v) is 9.69. The fourth-order valence-electron chi connectivity index (χ4n) is 4.02. The zero-order chi connectivity index (χ0) is 21.3. The molecule has 0 radical (unpaired) electrons. The van der Waals surface area contributed by atoms with Crippen molar-refractivity contribution in [2.24, 2.45) is 0 Å². The monoisotopic (exact) mass is 406 g/mol. The highest BCUT2D eigenvalue weighted by Crippen LogP contribution is 2.42. The molecule has 5 nitrogen and oxygen atoms in total. The van der Waals surface area contributed by atoms with E-state index >= 15 is 0 Å². The number of anilines is 1. The summed E-state index contributed by atoms with van der Waals surface area (Å²) in [5, 5.41) is 0. The number of nitrogen functional groups attached to an aromatic ring is 1. The highest BCUT2D eigenvalue weighted by Gasteiger charge is 2.34. The highest BCUT2D eigenvalue weighted by atomic mass is 19.1. The van der Waals surface area contributed by atoms with Gasteiger partial charge in [0.1, 0.15) is 5.82 Å². The van der Waals surface area contributed by atoms with Gasteiger partial charge in [-0.05, 0) is 60.0 Å². The fraction of sp³-hybridized carbons (Fsp3) is 0.208. The summed E-state index contributed by atoms with van der Waals surface area (Å²) in [7, 11) is 3.19. The van der Waals surface area contributed by atoms with Crippen LogP contribution in [0.4, 0.5) is 10.1 Å². The van der Waals surface area contributed by atoms with E-state index in [-0.39, 0.29) is 11.7 Å². The molecule has 3 aromatic carbocycles. The van der Waals surface area contributed by atoms with Crippen LogP contribution in [-0.2, 0) is 6.42 Å². The van der Waals surface area contributed by atoms with Crippen molar-refractivity contribution < 1.29 is 18.7 Å². The summed E-state index contributed by atoms with van der Waals surface area (Å²) in [6, 6.07) is 16.6. The van der Waals surface area contributed by atoms with Crippen LogP contribution in [0.5, 0.6) is 11.5 Å². The Balaban J connectivity index is 1.86. The van der Waals surface area contributed by atoms with Gasteiger partial charge >= 0.3 is 0 Å². The van der Waals surface area contributed by atoms with Gasteiger partial charge in [0.05, 0.1) is 20.3 Å². The molecule has 1 unspecified atom stereocenters. The van der Waals surface area contributed by atoms with Crippen LogP contribution in [0.25, 0.3) is 0 Å². The van der Waals surface area contributed by atoms with E-state index in [4.69, 9.17) is 15.2 Å². The van der Waals surface area contributed by atoms with Crippen molar-refractivity contribution in [2.45, 2.75) is 12.5 Å². The number of benzene rings is 3. The van der Waals surface area contributed by atoms with Gasteiger partial charge in [-0.15, -0.1) is 0 Å². The largest absolute Gasteiger partial charge is 0.493 e. The molecular formula is C24H23FN2O3. The van der Waals surface area contributed by atoms with Crippen LogP contribution in [0, 0.1) is 5.82 Å². The molecule has 1 aliphatic heterocycles. The lowest BCUT2D eigenvalue weighted by Gasteiger charge is -2.38. The minimum Gasteiger partial charge on any atom is -0.493 e. The van der Waals surface area contributed by atoms with Gasteiger partial charge in [0.2, 0.25) is 0 Å². The normalized spacial score (nSPS) is 15.4. The number of carbonyl (C=O) groups is 1. The molecule has 1 amide bonds. The number of nitrogens with zero attached hydrogens (tertiary/aromatic N) is 1. The summed E-state index contributed by atoms with van der Waals surface area (Å²) < 4.78 is 24.3. The molecule has 1 aliphatic rings. The zero-order valence-corrected chi connectivity index (χ0v) is 16.9. The van der Waals surface area contributed by atoms with Crippen molar-refractivity contribution in [2.75, 3.05) is 26.5 Å².